The van der Waals surface area contributed by atoms with E-state index in [9.17, 15) is 9.90 Å². The van der Waals surface area contributed by atoms with E-state index in [0.29, 0.717) is 37.3 Å². The summed E-state index contributed by atoms with van der Waals surface area (Å²) in [5.41, 5.74) is 4.40. The second-order valence-electron chi connectivity index (χ2n) is 5.31. The Morgan fingerprint density at radius 1 is 1.19 bits per heavy atom. The number of aromatic nitrogens is 1. The fourth-order valence-electron chi connectivity index (χ4n) is 2.20. The Kier molecular flexibility index (Phi) is 8.45. The van der Waals surface area contributed by atoms with E-state index in [1.165, 1.54) is 23.7 Å². The van der Waals surface area contributed by atoms with Crippen LogP contribution in [0.15, 0.2) is 53.2 Å². The summed E-state index contributed by atoms with van der Waals surface area (Å²) in [6, 6.07) is 8.19. The minimum absolute atomic E-state index is 0. The number of hydrogen-bond acceptors (Lipinski definition) is 5. The van der Waals surface area contributed by atoms with Crippen molar-refractivity contribution in [3.63, 3.8) is 0 Å². The van der Waals surface area contributed by atoms with E-state index in [2.05, 4.69) is 15.5 Å². The molecule has 0 aliphatic rings. The first-order chi connectivity index (χ1) is 12.5. The van der Waals surface area contributed by atoms with Crippen molar-refractivity contribution >= 4 is 46.2 Å². The molecular formula is C18H12Cl2KN3O2S. The zero-order valence-corrected chi connectivity index (χ0v) is 19.9. The molecule has 0 atom stereocenters. The van der Waals surface area contributed by atoms with Crippen molar-refractivity contribution in [3.05, 3.63) is 69.3 Å². The molecule has 0 unspecified atom stereocenters. The Hall–Kier alpha value is -0.774. The fourth-order valence-corrected chi connectivity index (χ4v) is 3.49. The predicted octanol–water partition coefficient (Wildman–Crippen LogP) is 1.35. The molecular weight excluding hydrogens is 432 g/mol. The zero-order valence-electron chi connectivity index (χ0n) is 14.5. The van der Waals surface area contributed by atoms with Crippen LogP contribution in [0.2, 0.25) is 10.0 Å². The number of amides is 1. The van der Waals surface area contributed by atoms with Gasteiger partial charge in [0, 0.05) is 28.4 Å². The molecule has 0 spiro atoms. The molecule has 2 aromatic heterocycles. The Bertz CT molecular complexity index is 994. The van der Waals surface area contributed by atoms with Crippen LogP contribution in [0, 0.1) is 0 Å². The molecule has 0 fully saturated rings. The SMILES string of the molecule is C/C(=N\NC(=O)c1ccncc1)c1csc(-c2ccc(Cl)c(Cl)c2)c1[O-].[K+]. The van der Waals surface area contributed by atoms with E-state index in [1.54, 1.807) is 42.6 Å². The average Bonchev–Trinajstić information content (AvgIpc) is 3.04. The maximum atomic E-state index is 12.7. The predicted molar refractivity (Wildman–Crippen MR) is 103 cm³/mol. The van der Waals surface area contributed by atoms with Gasteiger partial charge in [-0.25, -0.2) is 5.43 Å². The van der Waals surface area contributed by atoms with Crippen LogP contribution in [-0.4, -0.2) is 16.6 Å². The van der Waals surface area contributed by atoms with Gasteiger partial charge < -0.3 is 5.11 Å². The van der Waals surface area contributed by atoms with E-state index in [4.69, 9.17) is 23.2 Å². The molecule has 27 heavy (non-hydrogen) atoms. The van der Waals surface area contributed by atoms with Gasteiger partial charge in [-0.05, 0) is 42.1 Å². The molecule has 0 saturated carbocycles. The summed E-state index contributed by atoms with van der Waals surface area (Å²) in [5, 5.41) is 19.2. The third-order valence-electron chi connectivity index (χ3n) is 3.58. The van der Waals surface area contributed by atoms with Crippen molar-refractivity contribution in [3.8, 4) is 16.2 Å². The van der Waals surface area contributed by atoms with E-state index in [1.807, 2.05) is 0 Å². The summed E-state index contributed by atoms with van der Waals surface area (Å²) in [6.07, 6.45) is 3.03. The number of hydrogen-bond donors (Lipinski definition) is 1. The van der Waals surface area contributed by atoms with Gasteiger partial charge in [-0.1, -0.05) is 35.0 Å². The molecule has 0 radical (unpaired) electrons. The van der Waals surface area contributed by atoms with Crippen molar-refractivity contribution in [1.29, 1.82) is 0 Å². The second kappa shape index (κ2) is 10.1. The van der Waals surface area contributed by atoms with Crippen molar-refractivity contribution in [2.45, 2.75) is 6.92 Å². The molecule has 0 aliphatic carbocycles. The first kappa shape index (κ1) is 22.5. The third kappa shape index (κ3) is 5.39. The average molecular weight is 444 g/mol. The number of pyridine rings is 1. The zero-order chi connectivity index (χ0) is 18.7. The summed E-state index contributed by atoms with van der Waals surface area (Å²) < 4.78 is 0. The minimum atomic E-state index is -0.376. The molecule has 132 valence electrons. The quantitative estimate of drug-likeness (QED) is 0.375. The van der Waals surface area contributed by atoms with Gasteiger partial charge in [0.1, 0.15) is 0 Å². The Morgan fingerprint density at radius 3 is 2.56 bits per heavy atom. The minimum Gasteiger partial charge on any atom is -0.871 e. The number of nitrogens with zero attached hydrogens (tertiary/aromatic N) is 2. The summed E-state index contributed by atoms with van der Waals surface area (Å²) in [7, 11) is 0. The molecule has 1 N–H and O–H groups in total. The number of nitrogens with one attached hydrogen (secondary N) is 1. The number of carbonyl (C=O) groups excluding carboxylic acids is 1. The van der Waals surface area contributed by atoms with E-state index in [0.717, 1.165) is 0 Å². The molecule has 5 nitrogen and oxygen atoms in total. The summed E-state index contributed by atoms with van der Waals surface area (Å²) in [5.74, 6) is -0.549. The first-order valence-electron chi connectivity index (χ1n) is 7.46. The van der Waals surface area contributed by atoms with Crippen LogP contribution in [0.1, 0.15) is 22.8 Å². The number of rotatable bonds is 4. The van der Waals surface area contributed by atoms with Crippen LogP contribution in [0.25, 0.3) is 10.4 Å². The third-order valence-corrected chi connectivity index (χ3v) is 5.33. The maximum absolute atomic E-state index is 12.7. The standard InChI is InChI=1S/C18H13Cl2N3O2S.K/c1-10(22-23-18(25)11-4-6-21-7-5-11)13-9-26-17(16(13)24)12-2-3-14(19)15(20)8-12;/h2-9,24H,1H3,(H,23,25);/q;+1/p-1/b22-10+;. The molecule has 9 heteroatoms. The molecule has 1 aromatic carbocycles. The van der Waals surface area contributed by atoms with Crippen molar-refractivity contribution < 1.29 is 61.3 Å². The van der Waals surface area contributed by atoms with Gasteiger partial charge >= 0.3 is 51.4 Å². The first-order valence-corrected chi connectivity index (χ1v) is 9.10. The smallest absolute Gasteiger partial charge is 0.871 e. The van der Waals surface area contributed by atoms with Gasteiger partial charge in [-0.15, -0.1) is 11.3 Å². The summed E-state index contributed by atoms with van der Waals surface area (Å²) >= 11 is 13.2. The molecule has 0 bridgehead atoms. The number of halogens is 2. The van der Waals surface area contributed by atoms with Crippen molar-refractivity contribution in [1.82, 2.24) is 10.4 Å². The normalized spacial score (nSPS) is 11.0. The van der Waals surface area contributed by atoms with Gasteiger partial charge in [0.25, 0.3) is 5.91 Å². The molecule has 0 saturated heterocycles. The number of benzene rings is 1. The van der Waals surface area contributed by atoms with Crippen LogP contribution >= 0.6 is 34.5 Å². The van der Waals surface area contributed by atoms with E-state index < -0.39 is 0 Å². The van der Waals surface area contributed by atoms with Gasteiger partial charge in [0.15, 0.2) is 0 Å². The molecule has 2 heterocycles. The summed E-state index contributed by atoms with van der Waals surface area (Å²) in [4.78, 5) is 16.4. The largest absolute Gasteiger partial charge is 1.00 e. The Labute approximate surface area is 212 Å². The van der Waals surface area contributed by atoms with Gasteiger partial charge in [0.2, 0.25) is 0 Å². The molecule has 1 amide bonds. The van der Waals surface area contributed by atoms with Crippen LogP contribution in [0.3, 0.4) is 0 Å². The van der Waals surface area contributed by atoms with Crippen LogP contribution in [-0.2, 0) is 0 Å². The van der Waals surface area contributed by atoms with Gasteiger partial charge in [-0.2, -0.15) is 5.10 Å². The second-order valence-corrected chi connectivity index (χ2v) is 7.00. The topological polar surface area (TPSA) is 77.4 Å². The van der Waals surface area contributed by atoms with Crippen molar-refractivity contribution in [2.24, 2.45) is 5.10 Å². The van der Waals surface area contributed by atoms with Crippen molar-refractivity contribution in [2.75, 3.05) is 0 Å². The van der Waals surface area contributed by atoms with E-state index >= 15 is 0 Å². The maximum Gasteiger partial charge on any atom is 1.00 e. The number of carbonyl (C=O) groups is 1. The molecule has 3 rings (SSSR count). The fraction of sp³-hybridized carbons (Fsp3) is 0.0556. The Morgan fingerprint density at radius 2 is 1.89 bits per heavy atom. The number of hydrazone groups is 1. The van der Waals surface area contributed by atoms with Crippen LogP contribution in [0.4, 0.5) is 0 Å². The van der Waals surface area contributed by atoms with Gasteiger partial charge in [-0.3, -0.25) is 9.78 Å². The van der Waals surface area contributed by atoms with Gasteiger partial charge in [0.05, 0.1) is 15.8 Å². The van der Waals surface area contributed by atoms with Crippen LogP contribution < -0.4 is 61.9 Å². The summed E-state index contributed by atoms with van der Waals surface area (Å²) in [6.45, 7) is 1.66. The Balaban J connectivity index is 0.00000261. The van der Waals surface area contributed by atoms with E-state index in [-0.39, 0.29) is 63.0 Å². The number of thiophene rings is 1. The van der Waals surface area contributed by atoms with Crippen LogP contribution in [0.5, 0.6) is 5.75 Å². The monoisotopic (exact) mass is 443 g/mol. The molecule has 0 aliphatic heterocycles. The molecule has 3 aromatic rings.